The maximum atomic E-state index is 9.29. The van der Waals surface area contributed by atoms with E-state index in [1.165, 1.54) is 0 Å². The van der Waals surface area contributed by atoms with Crippen molar-refractivity contribution in [3.8, 4) is 0 Å². The van der Waals surface area contributed by atoms with Crippen molar-refractivity contribution in [2.75, 3.05) is 0 Å². The molecule has 4 heteroatoms. The van der Waals surface area contributed by atoms with Crippen molar-refractivity contribution in [1.82, 2.24) is 0 Å². The molecule has 19 heavy (non-hydrogen) atoms. The predicted molar refractivity (Wildman–Crippen MR) is 76.3 cm³/mol. The van der Waals surface area contributed by atoms with Gasteiger partial charge < -0.3 is 9.79 Å². The van der Waals surface area contributed by atoms with Crippen molar-refractivity contribution in [3.05, 3.63) is 84.4 Å². The fourth-order valence-electron chi connectivity index (χ4n) is 2.05. The van der Waals surface area contributed by atoms with Gasteiger partial charge in [-0.25, -0.2) is 0 Å². The summed E-state index contributed by atoms with van der Waals surface area (Å²) in [6.45, 7) is 3.80. The van der Waals surface area contributed by atoms with Gasteiger partial charge in [-0.15, -0.1) is 0 Å². The van der Waals surface area contributed by atoms with Crippen LogP contribution in [0.1, 0.15) is 11.1 Å². The van der Waals surface area contributed by atoms with E-state index in [2.05, 4.69) is 6.58 Å². The monoisotopic (exact) mass is 274 g/mol. The van der Waals surface area contributed by atoms with Gasteiger partial charge >= 0.3 is 8.60 Å². The minimum atomic E-state index is -2.51. The van der Waals surface area contributed by atoms with Crippen LogP contribution < -0.4 is 0 Å². The molecule has 0 aromatic heterocycles. The third-order valence-corrected chi connectivity index (χ3v) is 3.37. The molecule has 0 radical (unpaired) electrons. The van der Waals surface area contributed by atoms with Crippen LogP contribution in [-0.2, 0) is 10.1 Å². The Balaban J connectivity index is 2.58. The Kier molecular flexibility index (Phi) is 4.46. The molecule has 2 N–H and O–H groups in total. The van der Waals surface area contributed by atoms with Gasteiger partial charge in [0.25, 0.3) is 0 Å². The van der Waals surface area contributed by atoms with Gasteiger partial charge in [-0.1, -0.05) is 73.3 Å². The molecule has 98 valence electrons. The lowest BCUT2D eigenvalue weighted by Gasteiger charge is -2.31. The van der Waals surface area contributed by atoms with E-state index in [1.54, 1.807) is 6.08 Å². The second-order valence-corrected chi connectivity index (χ2v) is 4.70. The Bertz CT molecular complexity index is 486. The van der Waals surface area contributed by atoms with E-state index in [0.29, 0.717) is 0 Å². The molecule has 0 heterocycles. The SMILES string of the molecule is C=CC(OP(O)O)(c1ccccc1)c1ccccc1. The zero-order valence-corrected chi connectivity index (χ0v) is 11.2. The largest absolute Gasteiger partial charge is 0.328 e. The van der Waals surface area contributed by atoms with E-state index >= 15 is 0 Å². The zero-order valence-electron chi connectivity index (χ0n) is 10.3. The summed E-state index contributed by atoms with van der Waals surface area (Å²) in [6.07, 6.45) is 1.58. The molecule has 2 aromatic rings. The molecule has 0 fully saturated rings. The normalized spacial score (nSPS) is 11.5. The Morgan fingerprint density at radius 1 is 0.895 bits per heavy atom. The van der Waals surface area contributed by atoms with Gasteiger partial charge in [-0.05, 0) is 11.1 Å². The summed E-state index contributed by atoms with van der Waals surface area (Å²) in [5.74, 6) is 0. The molecule has 2 rings (SSSR count). The van der Waals surface area contributed by atoms with E-state index in [0.717, 1.165) is 11.1 Å². The van der Waals surface area contributed by atoms with E-state index in [1.807, 2.05) is 60.7 Å². The van der Waals surface area contributed by atoms with Crippen molar-refractivity contribution in [2.45, 2.75) is 5.60 Å². The molecule has 0 aliphatic rings. The van der Waals surface area contributed by atoms with Gasteiger partial charge in [0, 0.05) is 0 Å². The van der Waals surface area contributed by atoms with E-state index < -0.39 is 14.2 Å². The number of hydrogen-bond acceptors (Lipinski definition) is 3. The molecule has 0 aliphatic carbocycles. The van der Waals surface area contributed by atoms with Crippen LogP contribution in [0.2, 0.25) is 0 Å². The van der Waals surface area contributed by atoms with Crippen LogP contribution in [0, 0.1) is 0 Å². The topological polar surface area (TPSA) is 49.7 Å². The lowest BCUT2D eigenvalue weighted by Crippen LogP contribution is -2.26. The average Bonchev–Trinajstić information content (AvgIpc) is 2.46. The minimum absolute atomic E-state index is 0.798. The van der Waals surface area contributed by atoms with E-state index in [9.17, 15) is 9.79 Å². The first-order valence-corrected chi connectivity index (χ1v) is 6.97. The van der Waals surface area contributed by atoms with Crippen LogP contribution in [0.15, 0.2) is 73.3 Å². The molecule has 0 aliphatic heterocycles. The first-order chi connectivity index (χ1) is 9.19. The molecule has 2 aromatic carbocycles. The maximum absolute atomic E-state index is 9.29. The molecule has 0 atom stereocenters. The van der Waals surface area contributed by atoms with E-state index in [4.69, 9.17) is 4.52 Å². The van der Waals surface area contributed by atoms with Crippen LogP contribution in [0.3, 0.4) is 0 Å². The zero-order chi connectivity index (χ0) is 13.7. The van der Waals surface area contributed by atoms with Gasteiger partial charge in [0.05, 0.1) is 0 Å². The number of benzene rings is 2. The summed E-state index contributed by atoms with van der Waals surface area (Å²) in [5.41, 5.74) is 0.538. The highest BCUT2D eigenvalue weighted by Gasteiger charge is 2.34. The molecule has 0 saturated heterocycles. The summed E-state index contributed by atoms with van der Waals surface area (Å²) in [7, 11) is -2.51. The maximum Gasteiger partial charge on any atom is 0.328 e. The molecule has 0 amide bonds. The third-order valence-electron chi connectivity index (χ3n) is 2.92. The van der Waals surface area contributed by atoms with Crippen molar-refractivity contribution in [2.24, 2.45) is 0 Å². The van der Waals surface area contributed by atoms with Crippen molar-refractivity contribution >= 4 is 8.60 Å². The van der Waals surface area contributed by atoms with Crippen LogP contribution in [0.25, 0.3) is 0 Å². The second kappa shape index (κ2) is 6.09. The van der Waals surface area contributed by atoms with E-state index in [-0.39, 0.29) is 0 Å². The van der Waals surface area contributed by atoms with Gasteiger partial charge in [0.1, 0.15) is 5.60 Å². The fraction of sp³-hybridized carbons (Fsp3) is 0.0667. The molecular weight excluding hydrogens is 259 g/mol. The Hall–Kier alpha value is -1.51. The van der Waals surface area contributed by atoms with Crippen LogP contribution in [0.4, 0.5) is 0 Å². The highest BCUT2D eigenvalue weighted by molar-refractivity contribution is 7.39. The first kappa shape index (κ1) is 13.9. The summed E-state index contributed by atoms with van der Waals surface area (Å²) in [5, 5.41) is 0. The predicted octanol–water partition coefficient (Wildman–Crippen LogP) is 3.34. The molecule has 0 spiro atoms. The summed E-state index contributed by atoms with van der Waals surface area (Å²) >= 11 is 0. The molecule has 0 bridgehead atoms. The first-order valence-electron chi connectivity index (χ1n) is 5.80. The van der Waals surface area contributed by atoms with Crippen LogP contribution in [0.5, 0.6) is 0 Å². The summed E-state index contributed by atoms with van der Waals surface area (Å²) < 4.78 is 5.42. The van der Waals surface area contributed by atoms with Crippen molar-refractivity contribution < 1.29 is 14.3 Å². The average molecular weight is 274 g/mol. The Morgan fingerprint density at radius 3 is 1.63 bits per heavy atom. The standard InChI is InChI=1S/C15H15O3P/c1-2-15(18-19(16)17,13-9-5-3-6-10-13)14-11-7-4-8-12-14/h2-12,16-17H,1H2. The van der Waals surface area contributed by atoms with Gasteiger partial charge in [-0.2, -0.15) is 0 Å². The highest BCUT2D eigenvalue weighted by atomic mass is 31.2. The number of hydrogen-bond donors (Lipinski definition) is 2. The fourth-order valence-corrected chi connectivity index (χ4v) is 2.59. The van der Waals surface area contributed by atoms with Crippen molar-refractivity contribution in [3.63, 3.8) is 0 Å². The quantitative estimate of drug-likeness (QED) is 0.649. The Morgan fingerprint density at radius 2 is 1.32 bits per heavy atom. The lowest BCUT2D eigenvalue weighted by molar-refractivity contribution is 0.137. The second-order valence-electron chi connectivity index (χ2n) is 4.02. The van der Waals surface area contributed by atoms with Gasteiger partial charge in [0.15, 0.2) is 0 Å². The third kappa shape index (κ3) is 2.91. The van der Waals surface area contributed by atoms with Gasteiger partial charge in [0.2, 0.25) is 0 Å². The smallest absolute Gasteiger partial charge is 0.328 e. The molecule has 0 unspecified atom stereocenters. The molecular formula is C15H15O3P. The van der Waals surface area contributed by atoms with Crippen molar-refractivity contribution in [1.29, 1.82) is 0 Å². The van der Waals surface area contributed by atoms with Crippen LogP contribution in [-0.4, -0.2) is 9.79 Å². The summed E-state index contributed by atoms with van der Waals surface area (Å²) in [4.78, 5) is 18.6. The number of rotatable bonds is 5. The highest BCUT2D eigenvalue weighted by Crippen LogP contribution is 2.44. The van der Waals surface area contributed by atoms with Crippen LogP contribution >= 0.6 is 8.60 Å². The Labute approximate surface area is 113 Å². The van der Waals surface area contributed by atoms with Gasteiger partial charge in [-0.3, -0.25) is 4.52 Å². The summed E-state index contributed by atoms with van der Waals surface area (Å²) in [6, 6.07) is 18.7. The molecule has 0 saturated carbocycles. The molecule has 3 nitrogen and oxygen atoms in total. The lowest BCUT2D eigenvalue weighted by atomic mass is 9.86. The minimum Gasteiger partial charge on any atom is -0.328 e.